The summed E-state index contributed by atoms with van der Waals surface area (Å²) in [6.07, 6.45) is -0.961. The zero-order valence-corrected chi connectivity index (χ0v) is 18.7. The fraction of sp³-hybridized carbons (Fsp3) is 0.480. The van der Waals surface area contributed by atoms with Crippen molar-refractivity contribution in [3.05, 3.63) is 53.3 Å². The molecule has 1 aromatic heterocycles. The van der Waals surface area contributed by atoms with Gasteiger partial charge in [0.05, 0.1) is 16.6 Å². The van der Waals surface area contributed by atoms with Crippen LogP contribution in [0, 0.1) is 0 Å². The molecule has 180 valence electrons. The molecule has 0 unspecified atom stereocenters. The van der Waals surface area contributed by atoms with Crippen molar-refractivity contribution < 1.29 is 27.4 Å². The summed E-state index contributed by atoms with van der Waals surface area (Å²) < 4.78 is 58.8. The highest BCUT2D eigenvalue weighted by Gasteiger charge is 2.33. The van der Waals surface area contributed by atoms with Gasteiger partial charge in [0.25, 0.3) is 0 Å². The van der Waals surface area contributed by atoms with Crippen LogP contribution in [0.5, 0.6) is 11.5 Å². The lowest BCUT2D eigenvalue weighted by Gasteiger charge is -2.34. The lowest BCUT2D eigenvalue weighted by Crippen LogP contribution is -2.34. The van der Waals surface area contributed by atoms with Gasteiger partial charge in [-0.05, 0) is 61.6 Å². The minimum absolute atomic E-state index is 0.159. The Balaban J connectivity index is 1.23. The quantitative estimate of drug-likeness (QED) is 0.503. The van der Waals surface area contributed by atoms with Crippen molar-refractivity contribution in [2.75, 3.05) is 26.5 Å². The van der Waals surface area contributed by atoms with Crippen LogP contribution in [0.25, 0.3) is 11.0 Å². The molecule has 3 aliphatic heterocycles. The monoisotopic (exact) mass is 473 g/mol. The smallest absolute Gasteiger partial charge is 0.416 e. The lowest BCUT2D eigenvalue weighted by molar-refractivity contribution is -0.137. The van der Waals surface area contributed by atoms with Crippen LogP contribution in [-0.4, -0.2) is 40.9 Å². The van der Waals surface area contributed by atoms with E-state index in [-0.39, 0.29) is 18.9 Å². The van der Waals surface area contributed by atoms with Gasteiger partial charge in [-0.2, -0.15) is 13.2 Å². The summed E-state index contributed by atoms with van der Waals surface area (Å²) in [4.78, 5) is 7.07. The summed E-state index contributed by atoms with van der Waals surface area (Å²) >= 11 is 0. The molecule has 2 aromatic carbocycles. The fourth-order valence-corrected chi connectivity index (χ4v) is 5.32. The number of halogens is 3. The second kappa shape index (κ2) is 8.46. The number of nitrogens with zero attached hydrogens (tertiary/aromatic N) is 3. The third kappa shape index (κ3) is 4.01. The predicted molar refractivity (Wildman–Crippen MR) is 119 cm³/mol. The average molecular weight is 473 g/mol. The second-order valence-electron chi connectivity index (χ2n) is 9.24. The molecular weight excluding hydrogens is 447 g/mol. The van der Waals surface area contributed by atoms with Crippen molar-refractivity contribution in [1.29, 1.82) is 0 Å². The van der Waals surface area contributed by atoms with Crippen LogP contribution in [0.4, 0.5) is 13.2 Å². The number of piperidine rings is 1. The highest BCUT2D eigenvalue weighted by Crippen LogP contribution is 2.38. The minimum Gasteiger partial charge on any atom is -0.454 e. The van der Waals surface area contributed by atoms with E-state index >= 15 is 0 Å². The van der Waals surface area contributed by atoms with Gasteiger partial charge in [-0.1, -0.05) is 6.07 Å². The van der Waals surface area contributed by atoms with E-state index in [0.29, 0.717) is 12.1 Å². The first kappa shape index (κ1) is 21.7. The molecule has 0 saturated carbocycles. The highest BCUT2D eigenvalue weighted by atomic mass is 19.4. The molecule has 1 atom stereocenters. The largest absolute Gasteiger partial charge is 0.454 e. The Labute approximate surface area is 195 Å². The Morgan fingerprint density at radius 3 is 2.56 bits per heavy atom. The van der Waals surface area contributed by atoms with Crippen molar-refractivity contribution in [3.8, 4) is 11.5 Å². The topological polar surface area (TPSA) is 48.8 Å². The summed E-state index contributed by atoms with van der Waals surface area (Å²) in [5.41, 5.74) is 1.66. The van der Waals surface area contributed by atoms with Crippen LogP contribution in [0.2, 0.25) is 0 Å². The van der Waals surface area contributed by atoms with Gasteiger partial charge in [0.1, 0.15) is 11.9 Å². The number of fused-ring (bicyclic) bond motifs is 2. The van der Waals surface area contributed by atoms with E-state index in [9.17, 15) is 13.2 Å². The molecule has 3 aromatic rings. The van der Waals surface area contributed by atoms with Gasteiger partial charge in [-0.25, -0.2) is 4.98 Å². The Hall–Kier alpha value is -2.78. The van der Waals surface area contributed by atoms with Crippen LogP contribution >= 0.6 is 0 Å². The maximum atomic E-state index is 13.3. The minimum atomic E-state index is -4.39. The second-order valence-corrected chi connectivity index (χ2v) is 9.24. The SMILES string of the molecule is FC(F)(F)c1ccc2c(c1)nc([C@@H]1CCCO1)n2C1CCN(Cc2ccc3c(c2)OCO3)CC1. The summed E-state index contributed by atoms with van der Waals surface area (Å²) in [5, 5.41) is 0. The van der Waals surface area contributed by atoms with Gasteiger partial charge >= 0.3 is 6.18 Å². The summed E-state index contributed by atoms with van der Waals surface area (Å²) in [6.45, 7) is 3.53. The molecular formula is C25H26F3N3O3. The molecule has 2 saturated heterocycles. The number of aromatic nitrogens is 2. The predicted octanol–water partition coefficient (Wildman–Crippen LogP) is 5.47. The first-order valence-corrected chi connectivity index (χ1v) is 11.8. The zero-order chi connectivity index (χ0) is 23.3. The van der Waals surface area contributed by atoms with E-state index in [1.54, 1.807) is 6.07 Å². The van der Waals surface area contributed by atoms with Crippen LogP contribution in [0.3, 0.4) is 0 Å². The third-order valence-electron chi connectivity index (χ3n) is 7.03. The number of benzene rings is 2. The molecule has 0 spiro atoms. The van der Waals surface area contributed by atoms with Gasteiger partial charge in [-0.3, -0.25) is 4.90 Å². The number of hydrogen-bond donors (Lipinski definition) is 0. The van der Waals surface area contributed by atoms with E-state index in [0.717, 1.165) is 74.2 Å². The molecule has 0 aliphatic carbocycles. The first-order valence-electron chi connectivity index (χ1n) is 11.8. The summed E-state index contributed by atoms with van der Waals surface area (Å²) in [5.74, 6) is 2.34. The molecule has 4 heterocycles. The number of rotatable bonds is 4. The molecule has 0 amide bonds. The maximum absolute atomic E-state index is 13.3. The Bertz CT molecular complexity index is 1200. The molecule has 6 nitrogen and oxygen atoms in total. The summed E-state index contributed by atoms with van der Waals surface area (Å²) in [6, 6.07) is 10.1. The van der Waals surface area contributed by atoms with Crippen molar-refractivity contribution in [2.45, 2.75) is 50.6 Å². The Morgan fingerprint density at radius 1 is 0.971 bits per heavy atom. The van der Waals surface area contributed by atoms with Gasteiger partial charge in [-0.15, -0.1) is 0 Å². The molecule has 0 N–H and O–H groups in total. The molecule has 9 heteroatoms. The van der Waals surface area contributed by atoms with Crippen LogP contribution in [0.1, 0.15) is 54.8 Å². The molecule has 0 bridgehead atoms. The molecule has 6 rings (SSSR count). The first-order chi connectivity index (χ1) is 16.5. The zero-order valence-electron chi connectivity index (χ0n) is 18.7. The standard InChI is InChI=1S/C25H26F3N3O3/c26-25(27,28)17-4-5-20-19(13-17)29-24(22-2-1-11-32-22)31(20)18-7-9-30(10-8-18)14-16-3-6-21-23(12-16)34-15-33-21/h3-6,12-13,18,22H,1-2,7-11,14-15H2/t22-/m0/s1. The highest BCUT2D eigenvalue weighted by molar-refractivity contribution is 5.77. The Kier molecular flexibility index (Phi) is 5.41. The molecule has 2 fully saturated rings. The van der Waals surface area contributed by atoms with E-state index in [4.69, 9.17) is 14.2 Å². The number of hydrogen-bond acceptors (Lipinski definition) is 5. The molecule has 34 heavy (non-hydrogen) atoms. The lowest BCUT2D eigenvalue weighted by atomic mass is 10.0. The van der Waals surface area contributed by atoms with E-state index in [1.807, 2.05) is 12.1 Å². The Morgan fingerprint density at radius 2 is 1.79 bits per heavy atom. The number of likely N-dealkylation sites (tertiary alicyclic amines) is 1. The number of alkyl halides is 3. The van der Waals surface area contributed by atoms with E-state index in [2.05, 4.69) is 20.5 Å². The van der Waals surface area contributed by atoms with Gasteiger partial charge < -0.3 is 18.8 Å². The summed E-state index contributed by atoms with van der Waals surface area (Å²) in [7, 11) is 0. The van der Waals surface area contributed by atoms with Crippen molar-refractivity contribution in [3.63, 3.8) is 0 Å². The van der Waals surface area contributed by atoms with Crippen LogP contribution in [-0.2, 0) is 17.5 Å². The van der Waals surface area contributed by atoms with Crippen LogP contribution in [0.15, 0.2) is 36.4 Å². The molecule has 3 aliphatic rings. The van der Waals surface area contributed by atoms with Crippen molar-refractivity contribution in [2.24, 2.45) is 0 Å². The maximum Gasteiger partial charge on any atom is 0.416 e. The van der Waals surface area contributed by atoms with E-state index in [1.165, 1.54) is 11.6 Å². The van der Waals surface area contributed by atoms with Crippen LogP contribution < -0.4 is 9.47 Å². The van der Waals surface area contributed by atoms with Crippen molar-refractivity contribution >= 4 is 11.0 Å². The number of ether oxygens (including phenoxy) is 3. The average Bonchev–Trinajstić information content (AvgIpc) is 3.57. The van der Waals surface area contributed by atoms with Gasteiger partial charge in [0.2, 0.25) is 6.79 Å². The fourth-order valence-electron chi connectivity index (χ4n) is 5.32. The molecule has 0 radical (unpaired) electrons. The normalized spacial score (nSPS) is 21.6. The third-order valence-corrected chi connectivity index (χ3v) is 7.03. The van der Waals surface area contributed by atoms with Gasteiger partial charge in [0, 0.05) is 32.3 Å². The van der Waals surface area contributed by atoms with Gasteiger partial charge in [0.15, 0.2) is 11.5 Å². The van der Waals surface area contributed by atoms with E-state index < -0.39 is 11.7 Å². The number of imidazole rings is 1. The van der Waals surface area contributed by atoms with Crippen molar-refractivity contribution in [1.82, 2.24) is 14.5 Å².